The van der Waals surface area contributed by atoms with E-state index in [0.717, 1.165) is 16.7 Å². The Morgan fingerprint density at radius 2 is 1.45 bits per heavy atom. The minimum atomic E-state index is -0.698. The van der Waals surface area contributed by atoms with Gasteiger partial charge in [0.15, 0.2) is 23.1 Å². The van der Waals surface area contributed by atoms with E-state index >= 15 is 0 Å². The van der Waals surface area contributed by atoms with E-state index < -0.39 is 23.7 Å². The lowest BCUT2D eigenvalue weighted by Gasteiger charge is -2.41. The minimum absolute atomic E-state index is 0.140. The molecule has 4 aliphatic rings. The first-order valence-electron chi connectivity index (χ1n) is 17.3. The monoisotopic (exact) mass is 713 g/mol. The molecule has 10 heteroatoms. The summed E-state index contributed by atoms with van der Waals surface area (Å²) in [5.41, 5.74) is 4.76. The minimum Gasteiger partial charge on any atom is -0.502 e. The van der Waals surface area contributed by atoms with E-state index in [2.05, 4.69) is 0 Å². The highest BCUT2D eigenvalue weighted by Gasteiger charge is 2.56. The molecular formula is C43H39NO9. The molecule has 1 aliphatic heterocycles. The van der Waals surface area contributed by atoms with E-state index in [9.17, 15) is 24.3 Å². The van der Waals surface area contributed by atoms with Crippen molar-refractivity contribution in [2.45, 2.75) is 19.8 Å². The maximum atomic E-state index is 14.3. The molecule has 4 unspecified atom stereocenters. The third-order valence-electron chi connectivity index (χ3n) is 10.6. The average molecular weight is 714 g/mol. The number of methoxy groups -OCH3 is 4. The van der Waals surface area contributed by atoms with Crippen LogP contribution in [-0.2, 0) is 19.2 Å². The normalized spacial score (nSPS) is 22.5. The number of hydrogen-bond donors (Lipinski definition) is 1. The van der Waals surface area contributed by atoms with Gasteiger partial charge in [0.2, 0.25) is 17.6 Å². The number of hydrogen-bond acceptors (Lipinski definition) is 9. The number of benzene rings is 3. The van der Waals surface area contributed by atoms with Crippen molar-refractivity contribution in [3.05, 3.63) is 112 Å². The van der Waals surface area contributed by atoms with Crippen molar-refractivity contribution in [3.63, 3.8) is 0 Å². The Bertz CT molecular complexity index is 2180. The molecule has 270 valence electrons. The number of allylic oxidation sites excluding steroid dienone is 7. The maximum absolute atomic E-state index is 14.3. The number of ketones is 2. The zero-order chi connectivity index (χ0) is 37.6. The van der Waals surface area contributed by atoms with Gasteiger partial charge in [-0.25, -0.2) is 0 Å². The summed E-state index contributed by atoms with van der Waals surface area (Å²) < 4.78 is 21.5. The van der Waals surface area contributed by atoms with E-state index in [0.29, 0.717) is 45.9 Å². The summed E-state index contributed by atoms with van der Waals surface area (Å²) in [6, 6.07) is 16.0. The Labute approximate surface area is 307 Å². The fourth-order valence-electron chi connectivity index (χ4n) is 8.00. The molecule has 1 saturated heterocycles. The molecule has 0 spiro atoms. The van der Waals surface area contributed by atoms with Gasteiger partial charge in [-0.1, -0.05) is 48.1 Å². The van der Waals surface area contributed by atoms with Crippen molar-refractivity contribution >= 4 is 47.3 Å². The molecule has 3 aliphatic carbocycles. The van der Waals surface area contributed by atoms with Crippen LogP contribution in [0.2, 0.25) is 0 Å². The van der Waals surface area contributed by atoms with E-state index in [1.54, 1.807) is 51.5 Å². The van der Waals surface area contributed by atoms with Gasteiger partial charge in [0.25, 0.3) is 0 Å². The summed E-state index contributed by atoms with van der Waals surface area (Å²) in [6.07, 6.45) is 11.3. The number of rotatable bonds is 9. The second kappa shape index (κ2) is 14.1. The van der Waals surface area contributed by atoms with E-state index in [1.165, 1.54) is 25.2 Å². The van der Waals surface area contributed by atoms with E-state index in [1.807, 2.05) is 54.6 Å². The molecule has 0 radical (unpaired) electrons. The lowest BCUT2D eigenvalue weighted by Crippen LogP contribution is -2.40. The molecule has 1 fully saturated rings. The number of phenols is 1. The number of aromatic hydroxyl groups is 1. The first-order valence-corrected chi connectivity index (χ1v) is 17.3. The summed E-state index contributed by atoms with van der Waals surface area (Å²) in [5.74, 6) is -1.76. The largest absolute Gasteiger partial charge is 0.502 e. The topological polar surface area (TPSA) is 129 Å². The zero-order valence-corrected chi connectivity index (χ0v) is 30.0. The van der Waals surface area contributed by atoms with E-state index in [4.69, 9.17) is 18.9 Å². The van der Waals surface area contributed by atoms with Crippen LogP contribution in [0, 0.1) is 23.7 Å². The molecule has 2 amide bonds. The molecule has 1 N–H and O–H groups in total. The van der Waals surface area contributed by atoms with Crippen molar-refractivity contribution in [2.75, 3.05) is 33.3 Å². The van der Waals surface area contributed by atoms with Gasteiger partial charge in [0.05, 0.1) is 46.0 Å². The Morgan fingerprint density at radius 1 is 0.755 bits per heavy atom. The third kappa shape index (κ3) is 6.13. The van der Waals surface area contributed by atoms with Gasteiger partial charge >= 0.3 is 0 Å². The summed E-state index contributed by atoms with van der Waals surface area (Å²) in [7, 11) is 6.08. The van der Waals surface area contributed by atoms with Crippen LogP contribution >= 0.6 is 0 Å². The van der Waals surface area contributed by atoms with Gasteiger partial charge in [-0.2, -0.15) is 0 Å². The highest BCUT2D eigenvalue weighted by molar-refractivity contribution is 6.24. The molecule has 4 atom stereocenters. The molecule has 0 aromatic heterocycles. The number of anilines is 1. The van der Waals surface area contributed by atoms with Gasteiger partial charge in [-0.05, 0) is 85.4 Å². The number of fused-ring (bicyclic) bond motifs is 3. The van der Waals surface area contributed by atoms with Crippen molar-refractivity contribution in [1.82, 2.24) is 0 Å². The zero-order valence-electron chi connectivity index (χ0n) is 30.0. The molecule has 3 aromatic carbocycles. The molecule has 53 heavy (non-hydrogen) atoms. The molecular weight excluding hydrogens is 674 g/mol. The first kappa shape index (κ1) is 35.3. The predicted octanol–water partition coefficient (Wildman–Crippen LogP) is 6.78. The number of amides is 2. The van der Waals surface area contributed by atoms with Gasteiger partial charge in [0.1, 0.15) is 11.5 Å². The van der Waals surface area contributed by atoms with Crippen molar-refractivity contribution in [2.24, 2.45) is 23.7 Å². The number of carbonyl (C=O) groups is 4. The summed E-state index contributed by atoms with van der Waals surface area (Å²) in [5, 5.41) is 10.4. The molecule has 10 nitrogen and oxygen atoms in total. The van der Waals surface area contributed by atoms with Crippen LogP contribution in [0.15, 0.2) is 95.1 Å². The molecule has 0 saturated carbocycles. The average Bonchev–Trinajstić information content (AvgIpc) is 3.43. The molecule has 1 heterocycles. The lowest BCUT2D eigenvalue weighted by molar-refractivity contribution is -0.123. The number of phenolic OH excluding ortho intramolecular Hbond substituents is 1. The molecule has 3 aromatic rings. The Kier molecular flexibility index (Phi) is 9.38. The van der Waals surface area contributed by atoms with Gasteiger partial charge in [-0.15, -0.1) is 0 Å². The van der Waals surface area contributed by atoms with Crippen LogP contribution in [0.3, 0.4) is 0 Å². The van der Waals surface area contributed by atoms with Crippen LogP contribution < -0.4 is 23.8 Å². The van der Waals surface area contributed by atoms with E-state index in [-0.39, 0.29) is 47.1 Å². The number of ether oxygens (including phenoxy) is 4. The Hall–Kier alpha value is -6.16. The number of nitrogens with zero attached hydrogens (tertiary/aromatic N) is 1. The van der Waals surface area contributed by atoms with Crippen molar-refractivity contribution in [1.29, 1.82) is 0 Å². The SMILES string of the molecule is COc1ccc(OC)c(C=Cc2ccc(N3C(=O)C4CC=C5C(C=Cc6cc(OC)c(O)c(OC)c6)C6=C(CC5C4C3=O)C(=O)C=C(C)C6=O)cc2)c1. The smallest absolute Gasteiger partial charge is 0.238 e. The number of Topliss-reactive ketones (excluding diaryl/α,β-unsaturated/α-hetero) is 1. The number of carbonyl (C=O) groups excluding carboxylic acids is 4. The summed E-state index contributed by atoms with van der Waals surface area (Å²) >= 11 is 0. The van der Waals surface area contributed by atoms with Crippen LogP contribution in [0.5, 0.6) is 28.7 Å². The van der Waals surface area contributed by atoms with Crippen molar-refractivity contribution < 1.29 is 43.2 Å². The second-order valence-electron chi connectivity index (χ2n) is 13.5. The van der Waals surface area contributed by atoms with Crippen LogP contribution in [0.4, 0.5) is 5.69 Å². The van der Waals surface area contributed by atoms with Crippen LogP contribution in [-0.4, -0.2) is 56.9 Å². The third-order valence-corrected chi connectivity index (χ3v) is 10.6. The Balaban J connectivity index is 1.20. The molecule has 0 bridgehead atoms. The first-order chi connectivity index (χ1) is 25.6. The van der Waals surface area contributed by atoms with Crippen LogP contribution in [0.1, 0.15) is 36.5 Å². The quantitative estimate of drug-likeness (QED) is 0.111. The summed E-state index contributed by atoms with van der Waals surface area (Å²) in [4.78, 5) is 56.7. The summed E-state index contributed by atoms with van der Waals surface area (Å²) in [6.45, 7) is 1.63. The van der Waals surface area contributed by atoms with Gasteiger partial charge in [-0.3, -0.25) is 24.1 Å². The van der Waals surface area contributed by atoms with Crippen LogP contribution in [0.25, 0.3) is 18.2 Å². The fraction of sp³-hybridized carbons (Fsp3) is 0.256. The lowest BCUT2D eigenvalue weighted by atomic mass is 9.60. The van der Waals surface area contributed by atoms with Gasteiger partial charge in [0, 0.05) is 28.2 Å². The fourth-order valence-corrected chi connectivity index (χ4v) is 8.00. The van der Waals surface area contributed by atoms with Crippen molar-refractivity contribution in [3.8, 4) is 28.7 Å². The standard InChI is InChI=1S/C43H39NO9/c1-23-18-34(45)33-22-32-29(30(38(33)40(23)46)14-9-25-19-36(52-4)41(47)37(20-25)53-5)15-16-31-39(32)43(49)44(42(31)48)27-11-7-24(8-12-27)6-10-26-21-28(50-2)13-17-35(26)51-3/h6-15,17-21,30-32,39,47H,16,22H2,1-5H3. The maximum Gasteiger partial charge on any atom is 0.238 e. The number of imide groups is 1. The highest BCUT2D eigenvalue weighted by atomic mass is 16.5. The second-order valence-corrected chi connectivity index (χ2v) is 13.5. The van der Waals surface area contributed by atoms with Gasteiger partial charge < -0.3 is 24.1 Å². The predicted molar refractivity (Wildman–Crippen MR) is 200 cm³/mol. The molecule has 7 rings (SSSR count). The highest BCUT2D eigenvalue weighted by Crippen LogP contribution is 2.53. The Morgan fingerprint density at radius 3 is 2.11 bits per heavy atom.